The van der Waals surface area contributed by atoms with Crippen molar-refractivity contribution >= 4 is 40.0 Å². The van der Waals surface area contributed by atoms with Gasteiger partial charge >= 0.3 is 11.9 Å². The first kappa shape index (κ1) is 20.7. The van der Waals surface area contributed by atoms with Crippen LogP contribution >= 0.6 is 11.3 Å². The van der Waals surface area contributed by atoms with E-state index in [4.69, 9.17) is 15.2 Å². The molecule has 10 heteroatoms. The Morgan fingerprint density at radius 1 is 1.21 bits per heavy atom. The number of carbonyl (C=O) groups excluding carboxylic acids is 3. The molecule has 0 aliphatic heterocycles. The molecule has 1 atom stereocenters. The molecule has 9 nitrogen and oxygen atoms in total. The van der Waals surface area contributed by atoms with Crippen LogP contribution in [0.15, 0.2) is 12.4 Å². The molecule has 0 aromatic carbocycles. The number of nitrogen functional groups attached to an aromatic ring is 1. The molecule has 0 fully saturated rings. The Labute approximate surface area is 171 Å². The molecule has 1 unspecified atom stereocenters. The lowest BCUT2D eigenvalue weighted by atomic mass is 9.95. The van der Waals surface area contributed by atoms with Gasteiger partial charge in [0, 0.05) is 17.3 Å². The summed E-state index contributed by atoms with van der Waals surface area (Å²) in [7, 11) is 0. The molecule has 1 amide bonds. The van der Waals surface area contributed by atoms with Gasteiger partial charge in [0.2, 0.25) is 0 Å². The molecule has 2 heterocycles. The number of ether oxygens (including phenoxy) is 2. The second-order valence-electron chi connectivity index (χ2n) is 6.46. The summed E-state index contributed by atoms with van der Waals surface area (Å²) in [5.41, 5.74) is 6.79. The molecule has 0 spiro atoms. The van der Waals surface area contributed by atoms with E-state index in [1.807, 2.05) is 0 Å². The zero-order valence-electron chi connectivity index (χ0n) is 16.2. The average Bonchev–Trinajstić information content (AvgIpc) is 3.06. The van der Waals surface area contributed by atoms with Gasteiger partial charge in [0.15, 0.2) is 17.6 Å². The lowest BCUT2D eigenvalue weighted by Gasteiger charge is -2.14. The quantitative estimate of drug-likeness (QED) is 0.683. The van der Waals surface area contributed by atoms with Gasteiger partial charge in [-0.05, 0) is 45.1 Å². The number of aryl methyl sites for hydroxylation is 1. The minimum atomic E-state index is -1.13. The Kier molecular flexibility index (Phi) is 6.42. The number of amides is 1. The molecule has 0 saturated carbocycles. The SMILES string of the molecule is CCOC(=O)c1c(NC(=O)C(C)OC(=O)c2nccnc2N)sc2c1CCCC2. The number of esters is 2. The maximum Gasteiger partial charge on any atom is 0.361 e. The van der Waals surface area contributed by atoms with Crippen molar-refractivity contribution in [2.24, 2.45) is 0 Å². The van der Waals surface area contributed by atoms with E-state index in [-0.39, 0.29) is 18.1 Å². The number of nitrogens with one attached hydrogen (secondary N) is 1. The fourth-order valence-corrected chi connectivity index (χ4v) is 4.34. The van der Waals surface area contributed by atoms with E-state index in [1.54, 1.807) is 6.92 Å². The van der Waals surface area contributed by atoms with Crippen LogP contribution in [-0.4, -0.2) is 40.5 Å². The van der Waals surface area contributed by atoms with E-state index < -0.39 is 23.9 Å². The number of hydrogen-bond donors (Lipinski definition) is 2. The van der Waals surface area contributed by atoms with Gasteiger partial charge < -0.3 is 20.5 Å². The monoisotopic (exact) mass is 418 g/mol. The third-order valence-corrected chi connectivity index (χ3v) is 5.67. The van der Waals surface area contributed by atoms with Crippen molar-refractivity contribution in [1.82, 2.24) is 9.97 Å². The minimum absolute atomic E-state index is 0.0827. The van der Waals surface area contributed by atoms with Crippen LogP contribution in [0.4, 0.5) is 10.8 Å². The fraction of sp³-hybridized carbons (Fsp3) is 0.421. The summed E-state index contributed by atoms with van der Waals surface area (Å²) < 4.78 is 10.3. The summed E-state index contributed by atoms with van der Waals surface area (Å²) in [5, 5.41) is 3.13. The van der Waals surface area contributed by atoms with Crippen LogP contribution in [0.2, 0.25) is 0 Å². The highest BCUT2D eigenvalue weighted by atomic mass is 32.1. The van der Waals surface area contributed by atoms with Gasteiger partial charge in [0.25, 0.3) is 5.91 Å². The number of fused-ring (bicyclic) bond motifs is 1. The summed E-state index contributed by atoms with van der Waals surface area (Å²) in [5.74, 6) is -1.96. The van der Waals surface area contributed by atoms with Crippen LogP contribution in [0.1, 0.15) is 58.0 Å². The molecule has 3 rings (SSSR count). The van der Waals surface area contributed by atoms with E-state index in [1.165, 1.54) is 30.7 Å². The normalized spacial score (nSPS) is 13.9. The molecule has 2 aromatic heterocycles. The second-order valence-corrected chi connectivity index (χ2v) is 7.57. The largest absolute Gasteiger partial charge is 0.462 e. The molecule has 0 radical (unpaired) electrons. The topological polar surface area (TPSA) is 134 Å². The van der Waals surface area contributed by atoms with Crippen molar-refractivity contribution in [1.29, 1.82) is 0 Å². The highest BCUT2D eigenvalue weighted by Gasteiger charge is 2.29. The number of rotatable bonds is 6. The van der Waals surface area contributed by atoms with Crippen molar-refractivity contribution < 1.29 is 23.9 Å². The summed E-state index contributed by atoms with van der Waals surface area (Å²) >= 11 is 1.36. The van der Waals surface area contributed by atoms with Crippen LogP contribution < -0.4 is 11.1 Å². The predicted octanol–water partition coefficient (Wildman–Crippen LogP) is 2.36. The van der Waals surface area contributed by atoms with Crippen molar-refractivity contribution in [2.45, 2.75) is 45.6 Å². The zero-order valence-corrected chi connectivity index (χ0v) is 17.0. The maximum atomic E-state index is 12.6. The van der Waals surface area contributed by atoms with Gasteiger partial charge in [-0.25, -0.2) is 19.6 Å². The Morgan fingerprint density at radius 3 is 2.66 bits per heavy atom. The summed E-state index contributed by atoms with van der Waals surface area (Å²) in [6.45, 7) is 3.40. The average molecular weight is 418 g/mol. The first-order chi connectivity index (χ1) is 13.9. The van der Waals surface area contributed by atoms with Crippen molar-refractivity contribution in [3.05, 3.63) is 34.1 Å². The molecular formula is C19H22N4O5S. The lowest BCUT2D eigenvalue weighted by Crippen LogP contribution is -2.31. The minimum Gasteiger partial charge on any atom is -0.462 e. The van der Waals surface area contributed by atoms with Crippen LogP contribution in [0.25, 0.3) is 0 Å². The predicted molar refractivity (Wildman–Crippen MR) is 107 cm³/mol. The zero-order chi connectivity index (χ0) is 21.0. The molecule has 29 heavy (non-hydrogen) atoms. The van der Waals surface area contributed by atoms with E-state index in [2.05, 4.69) is 15.3 Å². The van der Waals surface area contributed by atoms with Gasteiger partial charge in [0.05, 0.1) is 12.2 Å². The highest BCUT2D eigenvalue weighted by Crippen LogP contribution is 2.38. The Hall–Kier alpha value is -3.01. The number of thiophene rings is 1. The number of nitrogens with two attached hydrogens (primary N) is 1. The Balaban J connectivity index is 1.76. The molecule has 0 bridgehead atoms. The Bertz CT molecular complexity index is 943. The highest BCUT2D eigenvalue weighted by molar-refractivity contribution is 7.17. The third-order valence-electron chi connectivity index (χ3n) is 4.46. The van der Waals surface area contributed by atoms with Gasteiger partial charge in [-0.2, -0.15) is 0 Å². The van der Waals surface area contributed by atoms with Crippen LogP contribution in [0.5, 0.6) is 0 Å². The van der Waals surface area contributed by atoms with Crippen LogP contribution in [-0.2, 0) is 27.1 Å². The smallest absolute Gasteiger partial charge is 0.361 e. The van der Waals surface area contributed by atoms with Crippen LogP contribution in [0.3, 0.4) is 0 Å². The van der Waals surface area contributed by atoms with E-state index in [9.17, 15) is 14.4 Å². The lowest BCUT2D eigenvalue weighted by molar-refractivity contribution is -0.123. The molecule has 1 aliphatic rings. The standard InChI is InChI=1S/C19H22N4O5S/c1-3-27-18(25)13-11-6-4-5-7-12(11)29-17(13)23-16(24)10(2)28-19(26)14-15(20)22-9-8-21-14/h8-10H,3-7H2,1-2H3,(H2,20,22)(H,23,24). The van der Waals surface area contributed by atoms with Gasteiger partial charge in [-0.3, -0.25) is 4.79 Å². The molecular weight excluding hydrogens is 396 g/mol. The van der Waals surface area contributed by atoms with Gasteiger partial charge in [0.1, 0.15) is 5.00 Å². The first-order valence-electron chi connectivity index (χ1n) is 9.32. The summed E-state index contributed by atoms with van der Waals surface area (Å²) in [6.07, 6.45) is 5.17. The number of nitrogens with zero attached hydrogens (tertiary/aromatic N) is 2. The second kappa shape index (κ2) is 8.99. The number of carbonyl (C=O) groups is 3. The molecule has 0 saturated heterocycles. The fourth-order valence-electron chi connectivity index (χ4n) is 3.06. The van der Waals surface area contributed by atoms with Gasteiger partial charge in [-0.1, -0.05) is 0 Å². The number of anilines is 2. The molecule has 3 N–H and O–H groups in total. The molecule has 1 aliphatic carbocycles. The van der Waals surface area contributed by atoms with E-state index in [0.29, 0.717) is 10.6 Å². The third kappa shape index (κ3) is 4.53. The Morgan fingerprint density at radius 2 is 1.93 bits per heavy atom. The van der Waals surface area contributed by atoms with Crippen molar-refractivity contribution in [3.63, 3.8) is 0 Å². The van der Waals surface area contributed by atoms with E-state index >= 15 is 0 Å². The maximum absolute atomic E-state index is 12.6. The summed E-state index contributed by atoms with van der Waals surface area (Å²) in [4.78, 5) is 45.9. The first-order valence-corrected chi connectivity index (χ1v) is 10.1. The number of aromatic nitrogens is 2. The van der Waals surface area contributed by atoms with Crippen LogP contribution in [0, 0.1) is 0 Å². The van der Waals surface area contributed by atoms with E-state index in [0.717, 1.165) is 36.1 Å². The van der Waals surface area contributed by atoms with Gasteiger partial charge in [-0.15, -0.1) is 11.3 Å². The summed E-state index contributed by atoms with van der Waals surface area (Å²) in [6, 6.07) is 0. The van der Waals surface area contributed by atoms with Crippen molar-refractivity contribution in [3.8, 4) is 0 Å². The molecule has 154 valence electrons. The number of hydrogen-bond acceptors (Lipinski definition) is 9. The van der Waals surface area contributed by atoms with Crippen molar-refractivity contribution in [2.75, 3.05) is 17.7 Å². The molecule has 2 aromatic rings.